The number of carboxylic acid groups (broad SMARTS) is 1. The molecule has 0 aliphatic heterocycles. The van der Waals surface area contributed by atoms with Gasteiger partial charge in [-0.25, -0.2) is 4.79 Å². The summed E-state index contributed by atoms with van der Waals surface area (Å²) in [5, 5.41) is 17.9. The molecule has 0 saturated carbocycles. The lowest BCUT2D eigenvalue weighted by Crippen LogP contribution is -2.38. The fourth-order valence-corrected chi connectivity index (χ4v) is 1.64. The van der Waals surface area contributed by atoms with E-state index in [9.17, 15) is 9.59 Å². The van der Waals surface area contributed by atoms with Crippen molar-refractivity contribution >= 4 is 17.6 Å². The SMILES string of the molecule is CC(C)(C)OCC(=O)N(CCO)c1ccc(C(=O)O)cc1. The Morgan fingerprint density at radius 1 is 1.19 bits per heavy atom. The predicted molar refractivity (Wildman–Crippen MR) is 78.5 cm³/mol. The second-order valence-electron chi connectivity index (χ2n) is 5.52. The lowest BCUT2D eigenvalue weighted by molar-refractivity contribution is -0.128. The first-order chi connectivity index (χ1) is 9.74. The van der Waals surface area contributed by atoms with Crippen molar-refractivity contribution in [3.63, 3.8) is 0 Å². The Kier molecular flexibility index (Phi) is 5.87. The molecule has 0 fully saturated rings. The lowest BCUT2D eigenvalue weighted by atomic mass is 10.2. The average molecular weight is 295 g/mol. The third kappa shape index (κ3) is 5.53. The van der Waals surface area contributed by atoms with Crippen molar-refractivity contribution in [2.75, 3.05) is 24.7 Å². The Labute approximate surface area is 124 Å². The molecule has 21 heavy (non-hydrogen) atoms. The second kappa shape index (κ2) is 7.19. The Morgan fingerprint density at radius 3 is 2.19 bits per heavy atom. The first-order valence-electron chi connectivity index (χ1n) is 6.63. The summed E-state index contributed by atoms with van der Waals surface area (Å²) in [6, 6.07) is 5.90. The molecule has 6 nitrogen and oxygen atoms in total. The van der Waals surface area contributed by atoms with Crippen LogP contribution < -0.4 is 4.90 Å². The van der Waals surface area contributed by atoms with E-state index < -0.39 is 11.6 Å². The number of carbonyl (C=O) groups excluding carboxylic acids is 1. The second-order valence-corrected chi connectivity index (χ2v) is 5.52. The average Bonchev–Trinajstić information content (AvgIpc) is 2.41. The molecule has 0 aliphatic carbocycles. The van der Waals surface area contributed by atoms with Crippen LogP contribution in [0.15, 0.2) is 24.3 Å². The van der Waals surface area contributed by atoms with Gasteiger partial charge in [0.1, 0.15) is 6.61 Å². The van der Waals surface area contributed by atoms with Crippen molar-refractivity contribution in [2.24, 2.45) is 0 Å². The molecule has 0 atom stereocenters. The minimum absolute atomic E-state index is 0.107. The Bertz CT molecular complexity index is 490. The van der Waals surface area contributed by atoms with Crippen LogP contribution >= 0.6 is 0 Å². The summed E-state index contributed by atoms with van der Waals surface area (Å²) in [7, 11) is 0. The number of nitrogens with zero attached hydrogens (tertiary/aromatic N) is 1. The van der Waals surface area contributed by atoms with Gasteiger partial charge in [0.25, 0.3) is 5.91 Å². The first kappa shape index (κ1) is 17.1. The summed E-state index contributed by atoms with van der Waals surface area (Å²) in [6.07, 6.45) is 0. The van der Waals surface area contributed by atoms with Crippen LogP contribution in [0.3, 0.4) is 0 Å². The van der Waals surface area contributed by atoms with Gasteiger partial charge >= 0.3 is 5.97 Å². The number of benzene rings is 1. The van der Waals surface area contributed by atoms with Gasteiger partial charge in [0.15, 0.2) is 0 Å². The minimum atomic E-state index is -1.03. The summed E-state index contributed by atoms with van der Waals surface area (Å²) in [6.45, 7) is 5.36. The molecule has 0 spiro atoms. The van der Waals surface area contributed by atoms with E-state index in [1.807, 2.05) is 20.8 Å². The standard InChI is InChI=1S/C15H21NO5/c1-15(2,3)21-10-13(18)16(8-9-17)12-6-4-11(5-7-12)14(19)20/h4-7,17H,8-10H2,1-3H3,(H,19,20). The number of aliphatic hydroxyl groups is 1. The largest absolute Gasteiger partial charge is 0.478 e. The van der Waals surface area contributed by atoms with Gasteiger partial charge in [0.05, 0.1) is 17.8 Å². The van der Waals surface area contributed by atoms with E-state index in [1.54, 1.807) is 0 Å². The fourth-order valence-electron chi connectivity index (χ4n) is 1.64. The number of carboxylic acids is 1. The number of anilines is 1. The highest BCUT2D eigenvalue weighted by Crippen LogP contribution is 2.16. The van der Waals surface area contributed by atoms with Gasteiger partial charge in [0, 0.05) is 12.2 Å². The topological polar surface area (TPSA) is 87.1 Å². The fraction of sp³-hybridized carbons (Fsp3) is 0.467. The number of hydrogen-bond donors (Lipinski definition) is 2. The summed E-state index contributed by atoms with van der Waals surface area (Å²) in [4.78, 5) is 24.4. The molecule has 6 heteroatoms. The third-order valence-corrected chi connectivity index (χ3v) is 2.68. The molecule has 0 unspecified atom stereocenters. The lowest BCUT2D eigenvalue weighted by Gasteiger charge is -2.25. The highest BCUT2D eigenvalue weighted by Gasteiger charge is 2.19. The van der Waals surface area contributed by atoms with Gasteiger partial charge in [0.2, 0.25) is 0 Å². The van der Waals surface area contributed by atoms with Gasteiger partial charge < -0.3 is 19.8 Å². The summed E-state index contributed by atoms with van der Waals surface area (Å²) < 4.78 is 5.43. The van der Waals surface area contributed by atoms with Crippen LogP contribution in [0.2, 0.25) is 0 Å². The molecule has 0 aliphatic rings. The van der Waals surface area contributed by atoms with E-state index in [4.69, 9.17) is 14.9 Å². The summed E-state index contributed by atoms with van der Waals surface area (Å²) in [5.41, 5.74) is 0.228. The van der Waals surface area contributed by atoms with Crippen LogP contribution in [-0.4, -0.2) is 47.4 Å². The van der Waals surface area contributed by atoms with Gasteiger partial charge in [-0.05, 0) is 45.0 Å². The number of ether oxygens (including phenoxy) is 1. The van der Waals surface area contributed by atoms with E-state index in [1.165, 1.54) is 29.2 Å². The first-order valence-corrected chi connectivity index (χ1v) is 6.63. The monoisotopic (exact) mass is 295 g/mol. The highest BCUT2D eigenvalue weighted by molar-refractivity contribution is 5.95. The quantitative estimate of drug-likeness (QED) is 0.831. The van der Waals surface area contributed by atoms with Crippen molar-refractivity contribution in [1.82, 2.24) is 0 Å². The minimum Gasteiger partial charge on any atom is -0.478 e. The molecule has 116 valence electrons. The number of hydrogen-bond acceptors (Lipinski definition) is 4. The molecule has 1 amide bonds. The highest BCUT2D eigenvalue weighted by atomic mass is 16.5. The zero-order chi connectivity index (χ0) is 16.0. The van der Waals surface area contributed by atoms with Crippen LogP contribution in [0.5, 0.6) is 0 Å². The molecule has 1 aromatic rings. The van der Waals surface area contributed by atoms with E-state index in [2.05, 4.69) is 0 Å². The van der Waals surface area contributed by atoms with Crippen LogP contribution in [0, 0.1) is 0 Å². The number of carbonyl (C=O) groups is 2. The Balaban J connectivity index is 2.85. The van der Waals surface area contributed by atoms with E-state index in [0.29, 0.717) is 5.69 Å². The molecule has 1 aromatic carbocycles. The maximum Gasteiger partial charge on any atom is 0.335 e. The van der Waals surface area contributed by atoms with E-state index in [-0.39, 0.29) is 31.2 Å². The summed E-state index contributed by atoms with van der Waals surface area (Å²) >= 11 is 0. The van der Waals surface area contributed by atoms with Crippen molar-refractivity contribution < 1.29 is 24.5 Å². The number of aromatic carboxylic acids is 1. The molecule has 0 bridgehead atoms. The molecule has 0 radical (unpaired) electrons. The normalized spacial score (nSPS) is 11.2. The zero-order valence-electron chi connectivity index (χ0n) is 12.5. The van der Waals surface area contributed by atoms with Crippen molar-refractivity contribution in [3.05, 3.63) is 29.8 Å². The van der Waals surface area contributed by atoms with Gasteiger partial charge in [-0.1, -0.05) is 0 Å². The number of amides is 1. The van der Waals surface area contributed by atoms with Gasteiger partial charge in [-0.2, -0.15) is 0 Å². The number of aliphatic hydroxyl groups excluding tert-OH is 1. The third-order valence-electron chi connectivity index (χ3n) is 2.68. The van der Waals surface area contributed by atoms with E-state index in [0.717, 1.165) is 0 Å². The molecular weight excluding hydrogens is 274 g/mol. The molecule has 0 aromatic heterocycles. The van der Waals surface area contributed by atoms with Crippen molar-refractivity contribution in [2.45, 2.75) is 26.4 Å². The smallest absolute Gasteiger partial charge is 0.335 e. The molecule has 1 rings (SSSR count). The predicted octanol–water partition coefficient (Wildman–Crippen LogP) is 1.53. The van der Waals surface area contributed by atoms with Gasteiger partial charge in [-0.15, -0.1) is 0 Å². The maximum atomic E-state index is 12.2. The maximum absolute atomic E-state index is 12.2. The number of rotatable bonds is 6. The van der Waals surface area contributed by atoms with Crippen LogP contribution in [0.4, 0.5) is 5.69 Å². The molecule has 2 N–H and O–H groups in total. The molecule has 0 saturated heterocycles. The van der Waals surface area contributed by atoms with Crippen molar-refractivity contribution in [1.29, 1.82) is 0 Å². The zero-order valence-corrected chi connectivity index (χ0v) is 12.5. The Hall–Kier alpha value is -1.92. The Morgan fingerprint density at radius 2 is 1.76 bits per heavy atom. The molecule has 0 heterocycles. The summed E-state index contributed by atoms with van der Waals surface area (Å²) in [5.74, 6) is -1.32. The van der Waals surface area contributed by atoms with Crippen LogP contribution in [0.25, 0.3) is 0 Å². The molecular formula is C15H21NO5. The van der Waals surface area contributed by atoms with Crippen LogP contribution in [0.1, 0.15) is 31.1 Å². The van der Waals surface area contributed by atoms with Crippen molar-refractivity contribution in [3.8, 4) is 0 Å². The van der Waals surface area contributed by atoms with Crippen LogP contribution in [-0.2, 0) is 9.53 Å². The van der Waals surface area contributed by atoms with Gasteiger partial charge in [-0.3, -0.25) is 4.79 Å². The van der Waals surface area contributed by atoms with E-state index >= 15 is 0 Å².